The van der Waals surface area contributed by atoms with Crippen molar-refractivity contribution in [2.75, 3.05) is 5.32 Å². The number of carbonyl (C=O) groups excluding carboxylic acids is 1. The summed E-state index contributed by atoms with van der Waals surface area (Å²) in [6.45, 7) is 0. The number of rotatable bonds is 2. The van der Waals surface area contributed by atoms with Crippen molar-refractivity contribution in [3.63, 3.8) is 0 Å². The smallest absolute Gasteiger partial charge is 0.302 e. The Kier molecular flexibility index (Phi) is 3.60. The van der Waals surface area contributed by atoms with Crippen LogP contribution in [0.15, 0.2) is 18.2 Å². The van der Waals surface area contributed by atoms with Crippen molar-refractivity contribution in [2.24, 2.45) is 11.3 Å². The molecular weight excluding hydrogens is 337 g/mol. The van der Waals surface area contributed by atoms with Crippen LogP contribution < -0.4 is 5.32 Å². The van der Waals surface area contributed by atoms with Crippen molar-refractivity contribution in [3.05, 3.63) is 23.8 Å². The van der Waals surface area contributed by atoms with E-state index in [2.05, 4.69) is 10.3 Å². The molecule has 2 aromatic rings. The lowest BCUT2D eigenvalue weighted by Crippen LogP contribution is -2.27. The van der Waals surface area contributed by atoms with E-state index < -0.39 is 11.7 Å². The number of alkyl halides is 3. The van der Waals surface area contributed by atoms with Crippen LogP contribution in [0, 0.1) is 11.3 Å². The minimum Gasteiger partial charge on any atom is -0.302 e. The number of amides is 1. The van der Waals surface area contributed by atoms with Crippen molar-refractivity contribution in [1.29, 1.82) is 0 Å². The number of halogens is 3. The predicted octanol–water partition coefficient (Wildman–Crippen LogP) is 5.22. The molecule has 0 atom stereocenters. The molecule has 2 aliphatic carbocycles. The molecule has 0 aliphatic heterocycles. The standard InChI is InChI=1S/C17H17F3N2OS/c18-17(19,20)11-1-2-12-13(9-11)24-15(21-12)22-14(23)10-3-5-16(6-4-10)7-8-16/h1-2,9-10H,3-8H2,(H,21,22,23). The minimum atomic E-state index is -4.37. The molecule has 3 nitrogen and oxygen atoms in total. The SMILES string of the molecule is O=C(Nc1nc2ccc(C(F)(F)F)cc2s1)C1CCC2(CC1)CC2. The van der Waals surface area contributed by atoms with Crippen LogP contribution in [0.2, 0.25) is 0 Å². The zero-order valence-corrected chi connectivity index (χ0v) is 13.8. The zero-order chi connectivity index (χ0) is 16.9. The Morgan fingerprint density at radius 1 is 1.21 bits per heavy atom. The van der Waals surface area contributed by atoms with Crippen molar-refractivity contribution < 1.29 is 18.0 Å². The van der Waals surface area contributed by atoms with Gasteiger partial charge in [0.05, 0.1) is 15.8 Å². The number of fused-ring (bicyclic) bond motifs is 1. The summed E-state index contributed by atoms with van der Waals surface area (Å²) in [7, 11) is 0. The lowest BCUT2D eigenvalue weighted by Gasteiger charge is -2.27. The quantitative estimate of drug-likeness (QED) is 0.803. The van der Waals surface area contributed by atoms with Gasteiger partial charge >= 0.3 is 6.18 Å². The number of nitrogens with one attached hydrogen (secondary N) is 1. The van der Waals surface area contributed by atoms with Crippen LogP contribution in [0.1, 0.15) is 44.1 Å². The highest BCUT2D eigenvalue weighted by Crippen LogP contribution is 2.57. The van der Waals surface area contributed by atoms with Crippen LogP contribution in [-0.4, -0.2) is 10.9 Å². The molecule has 24 heavy (non-hydrogen) atoms. The Labute approximate surface area is 141 Å². The van der Waals surface area contributed by atoms with E-state index in [0.29, 0.717) is 20.8 Å². The fraction of sp³-hybridized carbons (Fsp3) is 0.529. The monoisotopic (exact) mass is 354 g/mol. The summed E-state index contributed by atoms with van der Waals surface area (Å²) in [5.74, 6) is -0.0606. The first-order chi connectivity index (χ1) is 11.3. The lowest BCUT2D eigenvalue weighted by atomic mass is 9.79. The lowest BCUT2D eigenvalue weighted by molar-refractivity contribution is -0.137. The fourth-order valence-corrected chi connectivity index (χ4v) is 4.44. The van der Waals surface area contributed by atoms with Gasteiger partial charge < -0.3 is 5.32 Å². The Bertz CT molecular complexity index is 785. The van der Waals surface area contributed by atoms with Crippen LogP contribution in [0.25, 0.3) is 10.2 Å². The molecule has 0 saturated heterocycles. The van der Waals surface area contributed by atoms with Gasteiger partial charge in [-0.25, -0.2) is 4.98 Å². The summed E-state index contributed by atoms with van der Waals surface area (Å²) in [5, 5.41) is 3.17. The zero-order valence-electron chi connectivity index (χ0n) is 12.9. The molecule has 1 heterocycles. The topological polar surface area (TPSA) is 42.0 Å². The van der Waals surface area contributed by atoms with E-state index in [1.807, 2.05) is 0 Å². The molecule has 0 unspecified atom stereocenters. The number of anilines is 1. The maximum atomic E-state index is 12.8. The number of thiazole rings is 1. The summed E-state index contributed by atoms with van der Waals surface area (Å²) >= 11 is 1.09. The van der Waals surface area contributed by atoms with E-state index in [0.717, 1.165) is 49.2 Å². The first-order valence-corrected chi connectivity index (χ1v) is 8.95. The van der Waals surface area contributed by atoms with Crippen molar-refractivity contribution >= 4 is 32.6 Å². The highest BCUT2D eigenvalue weighted by Gasteiger charge is 2.45. The summed E-state index contributed by atoms with van der Waals surface area (Å²) in [4.78, 5) is 16.6. The Balaban J connectivity index is 1.47. The third-order valence-corrected chi connectivity index (χ3v) is 6.25. The van der Waals surface area contributed by atoms with Crippen molar-refractivity contribution in [1.82, 2.24) is 4.98 Å². The van der Waals surface area contributed by atoms with Gasteiger partial charge in [-0.2, -0.15) is 13.2 Å². The minimum absolute atomic E-state index is 0.00558. The molecule has 1 aromatic heterocycles. The molecule has 7 heteroatoms. The van der Waals surface area contributed by atoms with E-state index in [9.17, 15) is 18.0 Å². The number of hydrogen-bond donors (Lipinski definition) is 1. The highest BCUT2D eigenvalue weighted by atomic mass is 32.1. The van der Waals surface area contributed by atoms with Gasteiger partial charge in [-0.15, -0.1) is 0 Å². The first kappa shape index (κ1) is 15.9. The van der Waals surface area contributed by atoms with Crippen LogP contribution >= 0.6 is 11.3 Å². The summed E-state index contributed by atoms with van der Waals surface area (Å²) < 4.78 is 38.7. The summed E-state index contributed by atoms with van der Waals surface area (Å²) in [6, 6.07) is 3.45. The van der Waals surface area contributed by atoms with Gasteiger partial charge in [0.25, 0.3) is 0 Å². The number of aromatic nitrogens is 1. The van der Waals surface area contributed by atoms with E-state index in [4.69, 9.17) is 0 Å². The molecule has 1 aromatic carbocycles. The van der Waals surface area contributed by atoms with Gasteiger partial charge in [0.15, 0.2) is 5.13 Å². The summed E-state index contributed by atoms with van der Waals surface area (Å²) in [6.07, 6.45) is 2.23. The Morgan fingerprint density at radius 2 is 1.92 bits per heavy atom. The molecule has 1 spiro atoms. The third kappa shape index (κ3) is 3.01. The second-order valence-electron chi connectivity index (χ2n) is 6.96. The van der Waals surface area contributed by atoms with Crippen LogP contribution in [0.5, 0.6) is 0 Å². The maximum Gasteiger partial charge on any atom is 0.416 e. The molecule has 2 fully saturated rings. The van der Waals surface area contributed by atoms with Gasteiger partial charge in [-0.05, 0) is 62.1 Å². The van der Waals surface area contributed by atoms with Crippen LogP contribution in [0.4, 0.5) is 18.3 Å². The van der Waals surface area contributed by atoms with Gasteiger partial charge in [-0.3, -0.25) is 4.79 Å². The Hall–Kier alpha value is -1.63. The number of carbonyl (C=O) groups is 1. The van der Waals surface area contributed by atoms with Crippen molar-refractivity contribution in [3.8, 4) is 0 Å². The van der Waals surface area contributed by atoms with Gasteiger partial charge in [0, 0.05) is 5.92 Å². The van der Waals surface area contributed by atoms with E-state index in [-0.39, 0.29) is 11.8 Å². The van der Waals surface area contributed by atoms with Gasteiger partial charge in [0.2, 0.25) is 5.91 Å². The molecular formula is C17H17F3N2OS. The second-order valence-corrected chi connectivity index (χ2v) is 7.99. The molecule has 4 rings (SSSR count). The van der Waals surface area contributed by atoms with Crippen LogP contribution in [0.3, 0.4) is 0 Å². The number of benzene rings is 1. The first-order valence-electron chi connectivity index (χ1n) is 8.13. The third-order valence-electron chi connectivity index (χ3n) is 5.32. The average molecular weight is 354 g/mol. The normalized spacial score (nSPS) is 20.5. The molecule has 2 saturated carbocycles. The van der Waals surface area contributed by atoms with Gasteiger partial charge in [-0.1, -0.05) is 11.3 Å². The molecule has 2 aliphatic rings. The van der Waals surface area contributed by atoms with E-state index >= 15 is 0 Å². The average Bonchev–Trinajstić information content (AvgIpc) is 3.15. The largest absolute Gasteiger partial charge is 0.416 e. The number of nitrogens with zero attached hydrogens (tertiary/aromatic N) is 1. The van der Waals surface area contributed by atoms with Crippen LogP contribution in [-0.2, 0) is 11.0 Å². The van der Waals surface area contributed by atoms with E-state index in [1.165, 1.54) is 18.9 Å². The second kappa shape index (κ2) is 5.44. The molecule has 1 amide bonds. The molecule has 0 radical (unpaired) electrons. The van der Waals surface area contributed by atoms with E-state index in [1.54, 1.807) is 0 Å². The molecule has 0 bridgehead atoms. The Morgan fingerprint density at radius 3 is 2.54 bits per heavy atom. The van der Waals surface area contributed by atoms with Crippen molar-refractivity contribution in [2.45, 2.75) is 44.7 Å². The summed E-state index contributed by atoms with van der Waals surface area (Å²) in [5.41, 5.74) is 0.308. The predicted molar refractivity (Wildman–Crippen MR) is 86.9 cm³/mol. The molecule has 1 N–H and O–H groups in total. The molecule has 128 valence electrons. The maximum absolute atomic E-state index is 12.8. The number of hydrogen-bond acceptors (Lipinski definition) is 3. The van der Waals surface area contributed by atoms with Gasteiger partial charge in [0.1, 0.15) is 0 Å². The highest BCUT2D eigenvalue weighted by molar-refractivity contribution is 7.22. The fourth-order valence-electron chi connectivity index (χ4n) is 3.53.